The number of carboxylic acids is 1. The zero-order chi connectivity index (χ0) is 21.3. The van der Waals surface area contributed by atoms with Gasteiger partial charge in [-0.3, -0.25) is 4.79 Å². The number of carboxylic acid groups (broad SMARTS) is 1. The Labute approximate surface area is 173 Å². The summed E-state index contributed by atoms with van der Waals surface area (Å²) >= 11 is 0. The summed E-state index contributed by atoms with van der Waals surface area (Å²) in [4.78, 5) is 11.0. The van der Waals surface area contributed by atoms with Crippen molar-refractivity contribution >= 4 is 5.97 Å². The summed E-state index contributed by atoms with van der Waals surface area (Å²) in [7, 11) is 0. The highest BCUT2D eigenvalue weighted by Gasteiger charge is 2.51. The molecule has 1 unspecified atom stereocenters. The number of aliphatic carboxylic acids is 1. The summed E-state index contributed by atoms with van der Waals surface area (Å²) in [5.74, 6) is -0.241. The van der Waals surface area contributed by atoms with E-state index in [2.05, 4.69) is 19.6 Å². The van der Waals surface area contributed by atoms with Gasteiger partial charge in [0.1, 0.15) is 0 Å². The van der Waals surface area contributed by atoms with Gasteiger partial charge in [-0.15, -0.1) is 0 Å². The Morgan fingerprint density at radius 3 is 2.72 bits per heavy atom. The molecule has 0 heterocycles. The van der Waals surface area contributed by atoms with E-state index in [9.17, 15) is 20.1 Å². The maximum Gasteiger partial charge on any atom is 0.305 e. The Balaban J connectivity index is 1.79. The number of fused-ring (bicyclic) bond motifs is 1. The summed E-state index contributed by atoms with van der Waals surface area (Å²) in [5, 5.41) is 39.5. The molecule has 0 radical (unpaired) electrons. The van der Waals surface area contributed by atoms with Crippen molar-refractivity contribution in [3.8, 4) is 0 Å². The number of hydrogen-bond acceptors (Lipinski definition) is 4. The minimum atomic E-state index is -0.947. The average molecular weight is 405 g/mol. The predicted molar refractivity (Wildman–Crippen MR) is 112 cm³/mol. The molecule has 0 spiro atoms. The van der Waals surface area contributed by atoms with Crippen molar-refractivity contribution < 1.29 is 25.2 Å². The van der Waals surface area contributed by atoms with E-state index in [-0.39, 0.29) is 17.8 Å². The molecule has 0 amide bonds. The molecule has 0 saturated heterocycles. The van der Waals surface area contributed by atoms with Crippen LogP contribution in [0, 0.1) is 23.2 Å². The molecular formula is C24H36O5. The molecule has 3 saturated carbocycles. The number of allylic oxidation sites excluding steroid dienone is 3. The van der Waals surface area contributed by atoms with Crippen LogP contribution in [0.5, 0.6) is 0 Å². The molecule has 3 rings (SSSR count). The molecule has 0 bridgehead atoms. The standard InChI is InChI=1S/C24H36O5/c1-14-17(11-18(25)12-21(14)26)7-6-16-5-4-10-24(3)19(8-9-20(16)24)15(2)22(27)13-23(28)29/h6-7,15,18-22,25-27H,1,4-5,8-13H2,2-3H3,(H,28,29)/b16-6?,17-7-/t15-,18-,19+,20-,21+,22?,24+/m0/s1. The molecule has 162 valence electrons. The Bertz CT molecular complexity index is 708. The minimum absolute atomic E-state index is 0.0396. The third-order valence-corrected chi connectivity index (χ3v) is 7.93. The fourth-order valence-electron chi connectivity index (χ4n) is 6.24. The zero-order valence-corrected chi connectivity index (χ0v) is 17.7. The first-order valence-electron chi connectivity index (χ1n) is 11.0. The SMILES string of the molecule is C=C1/C(=C\C=C2CCC[C@]3(C)[C@@H]([C@H](C)C(O)CC(=O)O)CC[C@@H]23)C[C@H](O)C[C@H]1O. The smallest absolute Gasteiger partial charge is 0.305 e. The van der Waals surface area contributed by atoms with Crippen LogP contribution in [0.25, 0.3) is 0 Å². The van der Waals surface area contributed by atoms with Crippen LogP contribution in [0.3, 0.4) is 0 Å². The first kappa shape index (κ1) is 22.3. The fraction of sp³-hybridized carbons (Fsp3) is 0.708. The van der Waals surface area contributed by atoms with Crippen molar-refractivity contribution in [2.75, 3.05) is 0 Å². The monoisotopic (exact) mass is 404 g/mol. The largest absolute Gasteiger partial charge is 0.481 e. The average Bonchev–Trinajstić information content (AvgIpc) is 2.99. The first-order chi connectivity index (χ1) is 13.6. The molecule has 3 aliphatic rings. The quantitative estimate of drug-likeness (QED) is 0.561. The number of rotatable bonds is 5. The van der Waals surface area contributed by atoms with Crippen molar-refractivity contribution in [1.29, 1.82) is 0 Å². The van der Waals surface area contributed by atoms with Crippen molar-refractivity contribution in [2.24, 2.45) is 23.2 Å². The van der Waals surface area contributed by atoms with Gasteiger partial charge >= 0.3 is 5.97 Å². The van der Waals surface area contributed by atoms with Gasteiger partial charge in [0.2, 0.25) is 0 Å². The lowest BCUT2D eigenvalue weighted by Crippen LogP contribution is -2.39. The summed E-state index contributed by atoms with van der Waals surface area (Å²) < 4.78 is 0. The molecule has 3 aliphatic carbocycles. The van der Waals surface area contributed by atoms with E-state index in [1.54, 1.807) is 0 Å². The first-order valence-corrected chi connectivity index (χ1v) is 11.0. The van der Waals surface area contributed by atoms with Crippen molar-refractivity contribution in [2.45, 2.75) is 83.5 Å². The Hall–Kier alpha value is -1.43. The number of carbonyl (C=O) groups is 1. The third-order valence-electron chi connectivity index (χ3n) is 7.93. The van der Waals surface area contributed by atoms with E-state index in [1.165, 1.54) is 5.57 Å². The van der Waals surface area contributed by atoms with Crippen LogP contribution in [-0.2, 0) is 4.79 Å². The van der Waals surface area contributed by atoms with Crippen LogP contribution in [0.2, 0.25) is 0 Å². The molecule has 4 N–H and O–H groups in total. The molecule has 5 nitrogen and oxygen atoms in total. The summed E-state index contributed by atoms with van der Waals surface area (Å²) in [5.41, 5.74) is 3.11. The van der Waals surface area contributed by atoms with Crippen molar-refractivity contribution in [3.63, 3.8) is 0 Å². The van der Waals surface area contributed by atoms with Gasteiger partial charge in [0.05, 0.1) is 24.7 Å². The Morgan fingerprint density at radius 1 is 1.31 bits per heavy atom. The minimum Gasteiger partial charge on any atom is -0.481 e. The van der Waals surface area contributed by atoms with Gasteiger partial charge < -0.3 is 20.4 Å². The van der Waals surface area contributed by atoms with Crippen LogP contribution >= 0.6 is 0 Å². The van der Waals surface area contributed by atoms with Gasteiger partial charge in [0.25, 0.3) is 0 Å². The maximum absolute atomic E-state index is 11.0. The van der Waals surface area contributed by atoms with E-state index in [0.29, 0.717) is 30.3 Å². The molecule has 29 heavy (non-hydrogen) atoms. The van der Waals surface area contributed by atoms with Crippen molar-refractivity contribution in [3.05, 3.63) is 35.5 Å². The second kappa shape index (κ2) is 8.75. The highest BCUT2D eigenvalue weighted by atomic mass is 16.4. The topological polar surface area (TPSA) is 98.0 Å². The lowest BCUT2D eigenvalue weighted by molar-refractivity contribution is -0.140. The van der Waals surface area contributed by atoms with Crippen LogP contribution < -0.4 is 0 Å². The molecule has 7 atom stereocenters. The van der Waals surface area contributed by atoms with Gasteiger partial charge in [0, 0.05) is 6.42 Å². The van der Waals surface area contributed by atoms with Crippen LogP contribution in [0.1, 0.15) is 65.2 Å². The zero-order valence-electron chi connectivity index (χ0n) is 17.7. The van der Waals surface area contributed by atoms with Gasteiger partial charge in [-0.05, 0) is 72.8 Å². The van der Waals surface area contributed by atoms with Gasteiger partial charge in [-0.25, -0.2) is 0 Å². The number of hydrogen-bond donors (Lipinski definition) is 4. The molecule has 0 aromatic rings. The molecule has 0 aromatic heterocycles. The van der Waals surface area contributed by atoms with Crippen LogP contribution in [0.4, 0.5) is 0 Å². The second-order valence-electron chi connectivity index (χ2n) is 9.69. The highest BCUT2D eigenvalue weighted by molar-refractivity contribution is 5.67. The van der Waals surface area contributed by atoms with Crippen molar-refractivity contribution in [1.82, 2.24) is 0 Å². The fourth-order valence-corrected chi connectivity index (χ4v) is 6.24. The summed E-state index contributed by atoms with van der Waals surface area (Å²) in [6.07, 6.45) is 8.20. The molecule has 0 aliphatic heterocycles. The Kier molecular flexibility index (Phi) is 6.71. The molecule has 0 aromatic carbocycles. The van der Waals surface area contributed by atoms with Gasteiger partial charge in [-0.1, -0.05) is 38.2 Å². The highest BCUT2D eigenvalue weighted by Crippen LogP contribution is 2.59. The Morgan fingerprint density at radius 2 is 2.03 bits per heavy atom. The third kappa shape index (κ3) is 4.52. The molecule has 3 fully saturated rings. The van der Waals surface area contributed by atoms with E-state index in [1.807, 2.05) is 13.0 Å². The number of aliphatic hydroxyl groups excluding tert-OH is 3. The normalized spacial score (nSPS) is 40.1. The van der Waals surface area contributed by atoms with Crippen LogP contribution in [0.15, 0.2) is 35.5 Å². The molecule has 5 heteroatoms. The predicted octanol–water partition coefficient (Wildman–Crippen LogP) is 3.60. The molecular weight excluding hydrogens is 368 g/mol. The number of aliphatic hydroxyl groups is 3. The van der Waals surface area contributed by atoms with E-state index >= 15 is 0 Å². The summed E-state index contributed by atoms with van der Waals surface area (Å²) in [6, 6.07) is 0. The van der Waals surface area contributed by atoms with E-state index in [0.717, 1.165) is 37.7 Å². The summed E-state index contributed by atoms with van der Waals surface area (Å²) in [6.45, 7) is 8.31. The van der Waals surface area contributed by atoms with Gasteiger partial charge in [0.15, 0.2) is 0 Å². The van der Waals surface area contributed by atoms with E-state index < -0.39 is 24.3 Å². The second-order valence-corrected chi connectivity index (χ2v) is 9.69. The maximum atomic E-state index is 11.0. The van der Waals surface area contributed by atoms with Crippen LogP contribution in [-0.4, -0.2) is 44.7 Å². The lowest BCUT2D eigenvalue weighted by atomic mass is 9.60. The van der Waals surface area contributed by atoms with E-state index in [4.69, 9.17) is 5.11 Å². The lowest BCUT2D eigenvalue weighted by Gasteiger charge is -2.45. The van der Waals surface area contributed by atoms with Gasteiger partial charge in [-0.2, -0.15) is 0 Å².